The number of nitriles is 1. The molecule has 0 saturated heterocycles. The Morgan fingerprint density at radius 3 is 2.55 bits per heavy atom. The fourth-order valence-corrected chi connectivity index (χ4v) is 3.51. The van der Waals surface area contributed by atoms with Crippen molar-refractivity contribution in [1.82, 2.24) is 9.97 Å². The van der Waals surface area contributed by atoms with E-state index in [4.69, 9.17) is 21.6 Å². The van der Waals surface area contributed by atoms with E-state index >= 15 is 0 Å². The quantitative estimate of drug-likeness (QED) is 0.337. The first kappa shape index (κ1) is 19.2. The first-order chi connectivity index (χ1) is 14.0. The third kappa shape index (κ3) is 4.02. The molecule has 29 heavy (non-hydrogen) atoms. The Labute approximate surface area is 181 Å². The summed E-state index contributed by atoms with van der Waals surface area (Å²) in [5, 5.41) is 14.4. The summed E-state index contributed by atoms with van der Waals surface area (Å²) >= 11 is 9.93. The molecule has 0 bridgehead atoms. The molecule has 0 atom stereocenters. The molecule has 5 nitrogen and oxygen atoms in total. The fraction of sp³-hybridized carbons (Fsp3) is 0.0455. The lowest BCUT2D eigenvalue weighted by Gasteiger charge is -2.13. The number of nitrogens with one attached hydrogen (secondary N) is 1. The van der Waals surface area contributed by atoms with Crippen LogP contribution in [0.2, 0.25) is 5.15 Å². The average molecular weight is 466 g/mol. The Morgan fingerprint density at radius 2 is 1.79 bits per heavy atom. The summed E-state index contributed by atoms with van der Waals surface area (Å²) in [6.45, 7) is 1.80. The van der Waals surface area contributed by atoms with Crippen molar-refractivity contribution in [1.29, 1.82) is 5.26 Å². The van der Waals surface area contributed by atoms with Gasteiger partial charge in [-0.15, -0.1) is 0 Å². The van der Waals surface area contributed by atoms with Crippen LogP contribution in [0.1, 0.15) is 11.1 Å². The van der Waals surface area contributed by atoms with Crippen molar-refractivity contribution in [2.45, 2.75) is 6.92 Å². The highest BCUT2D eigenvalue weighted by atomic mass is 79.9. The van der Waals surface area contributed by atoms with Crippen LogP contribution in [0.5, 0.6) is 11.6 Å². The van der Waals surface area contributed by atoms with Crippen LogP contribution in [0.4, 0.5) is 11.6 Å². The van der Waals surface area contributed by atoms with E-state index in [1.165, 1.54) is 0 Å². The number of ether oxygens (including phenoxy) is 1. The van der Waals surface area contributed by atoms with Crippen LogP contribution >= 0.6 is 27.5 Å². The van der Waals surface area contributed by atoms with Gasteiger partial charge in [-0.3, -0.25) is 0 Å². The van der Waals surface area contributed by atoms with Gasteiger partial charge in [0.1, 0.15) is 10.9 Å². The molecular weight excluding hydrogens is 452 g/mol. The van der Waals surface area contributed by atoms with Crippen LogP contribution in [0.3, 0.4) is 0 Å². The molecule has 0 spiro atoms. The van der Waals surface area contributed by atoms with E-state index in [2.05, 4.69) is 37.3 Å². The van der Waals surface area contributed by atoms with Gasteiger partial charge in [0.2, 0.25) is 11.8 Å². The molecule has 1 heterocycles. The Hall–Kier alpha value is -3.14. The zero-order valence-corrected chi connectivity index (χ0v) is 17.6. The SMILES string of the molecule is Cc1c(Cl)nc(Nc2ccc(C#N)cc2)nc1Oc1ccc2ccccc2c1Br. The molecular formula is C22H14BrClN4O. The Balaban J connectivity index is 1.67. The summed E-state index contributed by atoms with van der Waals surface area (Å²) in [6.07, 6.45) is 0. The maximum atomic E-state index is 8.92. The Bertz CT molecular complexity index is 1250. The van der Waals surface area contributed by atoms with Gasteiger partial charge in [-0.25, -0.2) is 4.98 Å². The highest BCUT2D eigenvalue weighted by Crippen LogP contribution is 2.37. The third-order valence-corrected chi connectivity index (χ3v) is 5.53. The second-order valence-electron chi connectivity index (χ2n) is 6.28. The average Bonchev–Trinajstić information content (AvgIpc) is 2.74. The van der Waals surface area contributed by atoms with Gasteiger partial charge in [0.15, 0.2) is 0 Å². The number of hydrogen-bond acceptors (Lipinski definition) is 5. The highest BCUT2D eigenvalue weighted by molar-refractivity contribution is 9.10. The van der Waals surface area contributed by atoms with E-state index in [-0.39, 0.29) is 0 Å². The third-order valence-electron chi connectivity index (χ3n) is 4.35. The molecule has 0 amide bonds. The topological polar surface area (TPSA) is 70.8 Å². The van der Waals surface area contributed by atoms with E-state index in [1.807, 2.05) is 36.4 Å². The van der Waals surface area contributed by atoms with E-state index in [0.717, 1.165) is 20.9 Å². The van der Waals surface area contributed by atoms with Crippen molar-refractivity contribution in [2.75, 3.05) is 5.32 Å². The maximum Gasteiger partial charge on any atom is 0.231 e. The fourth-order valence-electron chi connectivity index (χ4n) is 2.78. The molecule has 4 aromatic rings. The summed E-state index contributed by atoms with van der Waals surface area (Å²) in [6, 6.07) is 20.9. The molecule has 4 rings (SSSR count). The minimum absolute atomic E-state index is 0.294. The number of anilines is 2. The monoisotopic (exact) mass is 464 g/mol. The molecule has 1 N–H and O–H groups in total. The lowest BCUT2D eigenvalue weighted by molar-refractivity contribution is 0.456. The second kappa shape index (κ2) is 8.08. The minimum atomic E-state index is 0.294. The summed E-state index contributed by atoms with van der Waals surface area (Å²) in [4.78, 5) is 8.74. The van der Waals surface area contributed by atoms with E-state index in [0.29, 0.717) is 33.9 Å². The lowest BCUT2D eigenvalue weighted by atomic mass is 10.1. The molecule has 0 unspecified atom stereocenters. The van der Waals surface area contributed by atoms with Crippen molar-refractivity contribution in [3.63, 3.8) is 0 Å². The predicted octanol–water partition coefficient (Wildman–Crippen LogP) is 6.76. The van der Waals surface area contributed by atoms with Crippen molar-refractivity contribution < 1.29 is 4.74 Å². The zero-order chi connectivity index (χ0) is 20.4. The molecule has 0 aliphatic heterocycles. The van der Waals surface area contributed by atoms with E-state index < -0.39 is 0 Å². The minimum Gasteiger partial charge on any atom is -0.437 e. The smallest absolute Gasteiger partial charge is 0.231 e. The number of benzene rings is 3. The van der Waals surface area contributed by atoms with Crippen LogP contribution in [-0.4, -0.2) is 9.97 Å². The normalized spacial score (nSPS) is 10.6. The number of nitrogens with zero attached hydrogens (tertiary/aromatic N) is 3. The molecule has 7 heteroatoms. The predicted molar refractivity (Wildman–Crippen MR) is 118 cm³/mol. The number of hydrogen-bond donors (Lipinski definition) is 1. The van der Waals surface area contributed by atoms with E-state index in [9.17, 15) is 0 Å². The van der Waals surface area contributed by atoms with E-state index in [1.54, 1.807) is 31.2 Å². The van der Waals surface area contributed by atoms with Gasteiger partial charge in [-0.2, -0.15) is 10.2 Å². The highest BCUT2D eigenvalue weighted by Gasteiger charge is 2.14. The largest absolute Gasteiger partial charge is 0.437 e. The second-order valence-corrected chi connectivity index (χ2v) is 7.43. The summed E-state index contributed by atoms with van der Waals surface area (Å²) in [5.74, 6) is 1.29. The van der Waals surface area contributed by atoms with Crippen molar-refractivity contribution in [2.24, 2.45) is 0 Å². The number of halogens is 2. The first-order valence-corrected chi connectivity index (χ1v) is 9.88. The standard InChI is InChI=1S/C22H14BrClN4O/c1-13-20(24)27-22(26-16-9-6-14(12-25)7-10-16)28-21(13)29-18-11-8-15-4-2-3-5-17(15)19(18)23/h2-11H,1H3,(H,26,27,28). The summed E-state index contributed by atoms with van der Waals surface area (Å²) in [5.41, 5.74) is 1.95. The molecule has 0 radical (unpaired) electrons. The van der Waals surface area contributed by atoms with Crippen LogP contribution in [-0.2, 0) is 0 Å². The van der Waals surface area contributed by atoms with Crippen LogP contribution in [0.15, 0.2) is 65.1 Å². The molecule has 142 valence electrons. The van der Waals surface area contributed by atoms with Gasteiger partial charge < -0.3 is 10.1 Å². The number of rotatable bonds is 4. The van der Waals surface area contributed by atoms with Gasteiger partial charge in [-0.05, 0) is 64.0 Å². The maximum absolute atomic E-state index is 8.92. The molecule has 0 fully saturated rings. The van der Waals surface area contributed by atoms with Gasteiger partial charge >= 0.3 is 0 Å². The lowest BCUT2D eigenvalue weighted by Crippen LogP contribution is -2.02. The number of aromatic nitrogens is 2. The van der Waals surface area contributed by atoms with Crippen LogP contribution in [0, 0.1) is 18.3 Å². The molecule has 0 aliphatic rings. The Morgan fingerprint density at radius 1 is 1.03 bits per heavy atom. The molecule has 1 aromatic heterocycles. The molecule has 0 aliphatic carbocycles. The number of fused-ring (bicyclic) bond motifs is 1. The van der Waals surface area contributed by atoms with Crippen LogP contribution < -0.4 is 10.1 Å². The molecule has 0 saturated carbocycles. The first-order valence-electron chi connectivity index (χ1n) is 8.71. The van der Waals surface area contributed by atoms with Gasteiger partial charge in [-0.1, -0.05) is 41.9 Å². The van der Waals surface area contributed by atoms with Gasteiger partial charge in [0, 0.05) is 11.3 Å². The van der Waals surface area contributed by atoms with Gasteiger partial charge in [0.05, 0.1) is 16.1 Å². The summed E-state index contributed by atoms with van der Waals surface area (Å²) < 4.78 is 6.92. The molecule has 3 aromatic carbocycles. The van der Waals surface area contributed by atoms with Crippen molar-refractivity contribution in [3.8, 4) is 17.7 Å². The van der Waals surface area contributed by atoms with Crippen molar-refractivity contribution in [3.05, 3.63) is 81.4 Å². The van der Waals surface area contributed by atoms with Crippen molar-refractivity contribution >= 4 is 49.9 Å². The summed E-state index contributed by atoms with van der Waals surface area (Å²) in [7, 11) is 0. The Kier molecular flexibility index (Phi) is 5.34. The van der Waals surface area contributed by atoms with Crippen LogP contribution in [0.25, 0.3) is 10.8 Å². The van der Waals surface area contributed by atoms with Gasteiger partial charge in [0.25, 0.3) is 0 Å². The zero-order valence-electron chi connectivity index (χ0n) is 15.3.